The summed E-state index contributed by atoms with van der Waals surface area (Å²) in [6, 6.07) is 21.4. The van der Waals surface area contributed by atoms with Crippen molar-refractivity contribution in [2.75, 3.05) is 5.32 Å². The zero-order valence-corrected chi connectivity index (χ0v) is 19.6. The van der Waals surface area contributed by atoms with Crippen LogP contribution in [-0.4, -0.2) is 14.8 Å². The van der Waals surface area contributed by atoms with Crippen molar-refractivity contribution in [1.29, 1.82) is 0 Å². The molecule has 2 aliphatic rings. The molecule has 1 aromatic heterocycles. The van der Waals surface area contributed by atoms with Crippen molar-refractivity contribution in [3.8, 4) is 5.75 Å². The Labute approximate surface area is 202 Å². The van der Waals surface area contributed by atoms with Gasteiger partial charge in [-0.3, -0.25) is 0 Å². The van der Waals surface area contributed by atoms with Gasteiger partial charge in [0.05, 0.1) is 5.70 Å². The highest BCUT2D eigenvalue weighted by atomic mass is 79.9. The zero-order chi connectivity index (χ0) is 21.8. The molecule has 32 heavy (non-hydrogen) atoms. The SMILES string of the molecule is Clc1ccc(C2C3=C(Nc4ncnn42)c2ccccc2OC3c2ccc(Br)cc2)c(Cl)c1. The number of nitrogens with one attached hydrogen (secondary N) is 1. The summed E-state index contributed by atoms with van der Waals surface area (Å²) >= 11 is 16.4. The average Bonchev–Trinajstić information content (AvgIpc) is 3.27. The topological polar surface area (TPSA) is 52.0 Å². The number of nitrogens with zero attached hydrogens (tertiary/aromatic N) is 3. The number of aromatic nitrogens is 3. The quantitative estimate of drug-likeness (QED) is 0.309. The molecule has 2 aliphatic heterocycles. The van der Waals surface area contributed by atoms with Crippen molar-refractivity contribution < 1.29 is 4.74 Å². The predicted molar refractivity (Wildman–Crippen MR) is 129 cm³/mol. The standard InChI is InChI=1S/C24H15BrCl2N4O/c25-14-7-5-13(6-8-14)23-20-21(17-3-1-2-4-19(17)32-23)30-24-28-12-29-31(24)22(20)16-10-9-15(26)11-18(16)27/h1-12,22-23H,(H,28,29,30). The van der Waals surface area contributed by atoms with Crippen molar-refractivity contribution in [1.82, 2.24) is 14.8 Å². The van der Waals surface area contributed by atoms with Crippen LogP contribution < -0.4 is 10.1 Å². The van der Waals surface area contributed by atoms with E-state index in [4.69, 9.17) is 27.9 Å². The van der Waals surface area contributed by atoms with Gasteiger partial charge in [0.2, 0.25) is 5.95 Å². The summed E-state index contributed by atoms with van der Waals surface area (Å²) in [7, 11) is 0. The second-order valence-electron chi connectivity index (χ2n) is 7.60. The molecule has 0 bridgehead atoms. The van der Waals surface area contributed by atoms with Gasteiger partial charge in [-0.05, 0) is 47.5 Å². The summed E-state index contributed by atoms with van der Waals surface area (Å²) in [5, 5.41) is 9.15. The van der Waals surface area contributed by atoms with E-state index in [-0.39, 0.29) is 12.1 Å². The lowest BCUT2D eigenvalue weighted by molar-refractivity contribution is 0.223. The largest absolute Gasteiger partial charge is 0.480 e. The molecule has 0 spiro atoms. The number of halogens is 3. The highest BCUT2D eigenvalue weighted by Gasteiger charge is 2.41. The van der Waals surface area contributed by atoms with Crippen LogP contribution in [0.3, 0.4) is 0 Å². The lowest BCUT2D eigenvalue weighted by Crippen LogP contribution is -2.32. The highest BCUT2D eigenvalue weighted by molar-refractivity contribution is 9.10. The first-order valence-electron chi connectivity index (χ1n) is 9.97. The third-order valence-corrected chi connectivity index (χ3v) is 6.84. The summed E-state index contributed by atoms with van der Waals surface area (Å²) in [5.41, 5.74) is 4.84. The monoisotopic (exact) mass is 524 g/mol. The first-order chi connectivity index (χ1) is 15.6. The molecular formula is C24H15BrCl2N4O. The van der Waals surface area contributed by atoms with Crippen LogP contribution in [0.5, 0.6) is 5.75 Å². The van der Waals surface area contributed by atoms with Crippen LogP contribution in [0, 0.1) is 0 Å². The number of anilines is 1. The minimum absolute atomic E-state index is 0.324. The van der Waals surface area contributed by atoms with Gasteiger partial charge in [0.1, 0.15) is 24.2 Å². The van der Waals surface area contributed by atoms with E-state index in [9.17, 15) is 0 Å². The smallest absolute Gasteiger partial charge is 0.226 e. The Morgan fingerprint density at radius 2 is 1.81 bits per heavy atom. The van der Waals surface area contributed by atoms with Gasteiger partial charge >= 0.3 is 0 Å². The summed E-state index contributed by atoms with van der Waals surface area (Å²) in [4.78, 5) is 4.44. The molecule has 158 valence electrons. The van der Waals surface area contributed by atoms with E-state index < -0.39 is 0 Å². The molecule has 3 heterocycles. The molecular weight excluding hydrogens is 511 g/mol. The van der Waals surface area contributed by atoms with Crippen LogP contribution in [0.25, 0.3) is 5.70 Å². The molecule has 3 aromatic carbocycles. The third kappa shape index (κ3) is 3.13. The van der Waals surface area contributed by atoms with E-state index in [1.807, 2.05) is 53.2 Å². The average molecular weight is 526 g/mol. The van der Waals surface area contributed by atoms with Gasteiger partial charge in [0.15, 0.2) is 0 Å². The van der Waals surface area contributed by atoms with Gasteiger partial charge in [0, 0.05) is 25.7 Å². The van der Waals surface area contributed by atoms with Crippen LogP contribution in [0.1, 0.15) is 28.8 Å². The third-order valence-electron chi connectivity index (χ3n) is 5.75. The lowest BCUT2D eigenvalue weighted by Gasteiger charge is -2.39. The van der Waals surface area contributed by atoms with E-state index in [0.717, 1.165) is 38.2 Å². The van der Waals surface area contributed by atoms with Crippen LogP contribution in [0.15, 0.2) is 83.1 Å². The fourth-order valence-electron chi connectivity index (χ4n) is 4.35. The van der Waals surface area contributed by atoms with Gasteiger partial charge in [-0.15, -0.1) is 0 Å². The molecule has 0 saturated heterocycles. The molecule has 0 aliphatic carbocycles. The van der Waals surface area contributed by atoms with Crippen molar-refractivity contribution in [2.45, 2.75) is 12.1 Å². The summed E-state index contributed by atoms with van der Waals surface area (Å²) in [6.07, 6.45) is 1.19. The van der Waals surface area contributed by atoms with E-state index in [2.05, 4.69) is 43.5 Å². The number of benzene rings is 3. The van der Waals surface area contributed by atoms with E-state index in [1.54, 1.807) is 12.4 Å². The number of para-hydroxylation sites is 1. The number of hydrogen-bond acceptors (Lipinski definition) is 4. The second-order valence-corrected chi connectivity index (χ2v) is 9.36. The van der Waals surface area contributed by atoms with Gasteiger partial charge in [0.25, 0.3) is 0 Å². The Morgan fingerprint density at radius 1 is 1.00 bits per heavy atom. The fourth-order valence-corrected chi connectivity index (χ4v) is 5.13. The van der Waals surface area contributed by atoms with Gasteiger partial charge < -0.3 is 10.1 Å². The first kappa shape index (κ1) is 19.9. The van der Waals surface area contributed by atoms with Gasteiger partial charge in [-0.1, -0.05) is 69.5 Å². The van der Waals surface area contributed by atoms with Crippen LogP contribution in [0.2, 0.25) is 10.0 Å². The van der Waals surface area contributed by atoms with Gasteiger partial charge in [-0.25, -0.2) is 4.68 Å². The van der Waals surface area contributed by atoms with Crippen molar-refractivity contribution in [2.24, 2.45) is 0 Å². The molecule has 1 N–H and O–H groups in total. The Morgan fingerprint density at radius 3 is 2.62 bits per heavy atom. The van der Waals surface area contributed by atoms with Crippen LogP contribution in [0.4, 0.5) is 5.95 Å². The van der Waals surface area contributed by atoms with Crippen molar-refractivity contribution in [3.63, 3.8) is 0 Å². The minimum Gasteiger partial charge on any atom is -0.480 e. The van der Waals surface area contributed by atoms with Crippen LogP contribution in [-0.2, 0) is 0 Å². The number of ether oxygens (including phenoxy) is 1. The Kier molecular flexibility index (Phi) is 4.75. The molecule has 0 saturated carbocycles. The fraction of sp³-hybridized carbons (Fsp3) is 0.0833. The number of rotatable bonds is 2. The zero-order valence-electron chi connectivity index (χ0n) is 16.5. The van der Waals surface area contributed by atoms with Gasteiger partial charge in [-0.2, -0.15) is 10.1 Å². The van der Waals surface area contributed by atoms with E-state index in [1.165, 1.54) is 0 Å². The second kappa shape index (κ2) is 7.66. The Hall–Kier alpha value is -2.80. The Bertz CT molecular complexity index is 1380. The molecule has 6 rings (SSSR count). The normalized spacial score (nSPS) is 18.8. The highest BCUT2D eigenvalue weighted by Crippen LogP contribution is 2.51. The Balaban J connectivity index is 1.64. The molecule has 2 unspecified atom stereocenters. The maximum absolute atomic E-state index is 6.71. The molecule has 5 nitrogen and oxygen atoms in total. The molecule has 2 atom stereocenters. The van der Waals surface area contributed by atoms with Crippen molar-refractivity contribution >= 4 is 50.8 Å². The predicted octanol–water partition coefficient (Wildman–Crippen LogP) is 6.91. The molecule has 0 fully saturated rings. The minimum atomic E-state index is -0.352. The summed E-state index contributed by atoms with van der Waals surface area (Å²) < 4.78 is 9.44. The number of hydrogen-bond donors (Lipinski definition) is 1. The summed E-state index contributed by atoms with van der Waals surface area (Å²) in [5.74, 6) is 1.45. The molecule has 0 radical (unpaired) electrons. The van der Waals surface area contributed by atoms with E-state index in [0.29, 0.717) is 16.0 Å². The summed E-state index contributed by atoms with van der Waals surface area (Å²) in [6.45, 7) is 0. The lowest BCUT2D eigenvalue weighted by atomic mass is 9.84. The van der Waals surface area contributed by atoms with Crippen molar-refractivity contribution in [3.05, 3.63) is 110 Å². The van der Waals surface area contributed by atoms with E-state index >= 15 is 0 Å². The molecule has 0 amide bonds. The van der Waals surface area contributed by atoms with Crippen LogP contribution >= 0.6 is 39.1 Å². The first-order valence-corrected chi connectivity index (χ1v) is 11.5. The maximum Gasteiger partial charge on any atom is 0.226 e. The maximum atomic E-state index is 6.71. The molecule has 8 heteroatoms. The number of fused-ring (bicyclic) bond motifs is 3. The molecule has 4 aromatic rings.